The van der Waals surface area contributed by atoms with Gasteiger partial charge in [0, 0.05) is 32.7 Å². The van der Waals surface area contributed by atoms with Crippen LogP contribution < -0.4 is 4.74 Å². The van der Waals surface area contributed by atoms with Gasteiger partial charge in [0.1, 0.15) is 11.6 Å². The average molecular weight is 454 g/mol. The Morgan fingerprint density at radius 1 is 0.935 bits per heavy atom. The Labute approximate surface area is 179 Å². The summed E-state index contributed by atoms with van der Waals surface area (Å²) in [4.78, 5) is 20.6. The van der Waals surface area contributed by atoms with Crippen molar-refractivity contribution >= 4 is 22.0 Å². The van der Waals surface area contributed by atoms with Crippen LogP contribution in [0.4, 0.5) is 4.39 Å². The van der Waals surface area contributed by atoms with Crippen molar-refractivity contribution in [2.24, 2.45) is 0 Å². The molecule has 0 spiro atoms. The fraction of sp³-hybridized carbons (Fsp3) is 0.300. The van der Waals surface area contributed by atoms with Gasteiger partial charge in [0.2, 0.25) is 10.0 Å². The third-order valence-electron chi connectivity index (χ3n) is 4.53. The van der Waals surface area contributed by atoms with Crippen LogP contribution >= 0.6 is 0 Å². The van der Waals surface area contributed by atoms with Crippen LogP contribution in [0.1, 0.15) is 5.56 Å². The van der Waals surface area contributed by atoms with E-state index in [9.17, 15) is 12.8 Å². The largest absolute Gasteiger partial charge is 0.497 e. The van der Waals surface area contributed by atoms with Crippen molar-refractivity contribution in [3.8, 4) is 5.75 Å². The molecule has 168 valence electrons. The molecule has 1 saturated heterocycles. The number of aliphatic carboxylic acids is 2. The van der Waals surface area contributed by atoms with Gasteiger partial charge in [-0.1, -0.05) is 12.1 Å². The fourth-order valence-electron chi connectivity index (χ4n) is 2.87. The SMILES string of the molecule is COc1ccc(CN2CCN(S(=O)(=O)c3ccc(F)cc3)CC2)cc1.O=C(O)C(=O)O. The molecule has 2 N–H and O–H groups in total. The van der Waals surface area contributed by atoms with Gasteiger partial charge in [0.25, 0.3) is 0 Å². The number of hydrogen-bond acceptors (Lipinski definition) is 6. The van der Waals surface area contributed by atoms with E-state index in [1.807, 2.05) is 24.3 Å². The summed E-state index contributed by atoms with van der Waals surface area (Å²) < 4.78 is 44.8. The molecule has 0 unspecified atom stereocenters. The summed E-state index contributed by atoms with van der Waals surface area (Å²) in [5.74, 6) is -3.27. The minimum absolute atomic E-state index is 0.137. The van der Waals surface area contributed by atoms with Gasteiger partial charge in [-0.15, -0.1) is 0 Å². The molecule has 2 aromatic rings. The maximum atomic E-state index is 13.0. The second-order valence-corrected chi connectivity index (χ2v) is 8.53. The van der Waals surface area contributed by atoms with E-state index in [1.165, 1.54) is 28.6 Å². The molecule has 0 aromatic heterocycles. The number of carboxylic acids is 2. The standard InChI is InChI=1S/C18H21FN2O3S.C2H2O4/c1-24-17-6-2-15(3-7-17)14-20-10-12-21(13-11-20)25(22,23)18-8-4-16(19)5-9-18;3-1(4)2(5)6/h2-9H,10-14H2,1H3;(H,3,4)(H,5,6). The van der Waals surface area contributed by atoms with E-state index in [4.69, 9.17) is 24.5 Å². The lowest BCUT2D eigenvalue weighted by Crippen LogP contribution is -2.48. The molecule has 0 saturated carbocycles. The van der Waals surface area contributed by atoms with Crippen LogP contribution in [0.25, 0.3) is 0 Å². The molecule has 0 aliphatic carbocycles. The molecule has 11 heteroatoms. The van der Waals surface area contributed by atoms with Gasteiger partial charge >= 0.3 is 11.9 Å². The zero-order valence-electron chi connectivity index (χ0n) is 16.8. The molecule has 0 bridgehead atoms. The highest BCUT2D eigenvalue weighted by Crippen LogP contribution is 2.19. The maximum Gasteiger partial charge on any atom is 0.414 e. The molecule has 31 heavy (non-hydrogen) atoms. The minimum atomic E-state index is -3.56. The van der Waals surface area contributed by atoms with Crippen molar-refractivity contribution < 1.29 is 37.3 Å². The number of rotatable bonds is 5. The highest BCUT2D eigenvalue weighted by molar-refractivity contribution is 7.89. The number of hydrogen-bond donors (Lipinski definition) is 2. The van der Waals surface area contributed by atoms with Crippen molar-refractivity contribution in [3.05, 3.63) is 59.9 Å². The number of halogens is 1. The first-order chi connectivity index (χ1) is 14.6. The van der Waals surface area contributed by atoms with Gasteiger partial charge in [0.15, 0.2) is 0 Å². The number of methoxy groups -OCH3 is 1. The highest BCUT2D eigenvalue weighted by atomic mass is 32.2. The van der Waals surface area contributed by atoms with Crippen LogP contribution in [0.15, 0.2) is 53.4 Å². The summed E-state index contributed by atoms with van der Waals surface area (Å²) in [6, 6.07) is 12.8. The third kappa shape index (κ3) is 7.02. The van der Waals surface area contributed by atoms with E-state index in [0.717, 1.165) is 17.9 Å². The van der Waals surface area contributed by atoms with Crippen molar-refractivity contribution in [2.45, 2.75) is 11.4 Å². The molecule has 9 nitrogen and oxygen atoms in total. The Hall–Kier alpha value is -3.02. The first kappa shape index (κ1) is 24.3. The van der Waals surface area contributed by atoms with Crippen LogP contribution in [0.3, 0.4) is 0 Å². The lowest BCUT2D eigenvalue weighted by molar-refractivity contribution is -0.159. The van der Waals surface area contributed by atoms with Gasteiger partial charge in [-0.3, -0.25) is 4.90 Å². The Morgan fingerprint density at radius 3 is 1.90 bits per heavy atom. The van der Waals surface area contributed by atoms with Gasteiger partial charge in [-0.25, -0.2) is 22.4 Å². The predicted octanol–water partition coefficient (Wildman–Crippen LogP) is 1.50. The second-order valence-electron chi connectivity index (χ2n) is 6.59. The molecule has 0 amide bonds. The Kier molecular flexibility index (Phi) is 8.48. The summed E-state index contributed by atoms with van der Waals surface area (Å²) in [5.41, 5.74) is 1.16. The number of nitrogens with zero attached hydrogens (tertiary/aromatic N) is 2. The molecule has 0 radical (unpaired) electrons. The summed E-state index contributed by atoms with van der Waals surface area (Å²) in [7, 11) is -1.93. The van der Waals surface area contributed by atoms with Gasteiger partial charge in [0.05, 0.1) is 12.0 Å². The van der Waals surface area contributed by atoms with Crippen molar-refractivity contribution in [1.82, 2.24) is 9.21 Å². The zero-order valence-corrected chi connectivity index (χ0v) is 17.6. The number of piperazine rings is 1. The molecule has 1 heterocycles. The minimum Gasteiger partial charge on any atom is -0.497 e. The van der Waals surface area contributed by atoms with Gasteiger partial charge in [-0.2, -0.15) is 4.31 Å². The van der Waals surface area contributed by atoms with Crippen LogP contribution in [-0.4, -0.2) is 73.1 Å². The molecular formula is C20H23FN2O7S. The second kappa shape index (κ2) is 10.8. The number of sulfonamides is 1. The van der Waals surface area contributed by atoms with Crippen molar-refractivity contribution in [3.63, 3.8) is 0 Å². The van der Waals surface area contributed by atoms with Gasteiger partial charge < -0.3 is 14.9 Å². The Balaban J connectivity index is 0.000000501. The normalized spacial score (nSPS) is 14.9. The number of benzene rings is 2. The van der Waals surface area contributed by atoms with Crippen LogP contribution in [0, 0.1) is 5.82 Å². The Morgan fingerprint density at radius 2 is 1.45 bits per heavy atom. The summed E-state index contributed by atoms with van der Waals surface area (Å²) in [6.07, 6.45) is 0. The number of carboxylic acid groups (broad SMARTS) is 2. The molecular weight excluding hydrogens is 431 g/mol. The third-order valence-corrected chi connectivity index (χ3v) is 6.44. The molecule has 0 atom stereocenters. The van der Waals surface area contributed by atoms with E-state index in [0.29, 0.717) is 26.2 Å². The molecule has 1 fully saturated rings. The van der Waals surface area contributed by atoms with E-state index in [2.05, 4.69) is 4.90 Å². The molecule has 3 rings (SSSR count). The van der Waals surface area contributed by atoms with E-state index in [1.54, 1.807) is 7.11 Å². The van der Waals surface area contributed by atoms with E-state index in [-0.39, 0.29) is 4.90 Å². The molecule has 1 aliphatic rings. The number of ether oxygens (including phenoxy) is 1. The van der Waals surface area contributed by atoms with Crippen LogP contribution in [-0.2, 0) is 26.2 Å². The molecule has 2 aromatic carbocycles. The predicted molar refractivity (Wildman–Crippen MR) is 109 cm³/mol. The summed E-state index contributed by atoms with van der Waals surface area (Å²) in [5, 5.41) is 14.8. The van der Waals surface area contributed by atoms with E-state index < -0.39 is 27.8 Å². The monoisotopic (exact) mass is 454 g/mol. The van der Waals surface area contributed by atoms with E-state index >= 15 is 0 Å². The average Bonchev–Trinajstić information content (AvgIpc) is 2.75. The lowest BCUT2D eigenvalue weighted by Gasteiger charge is -2.34. The topological polar surface area (TPSA) is 124 Å². The van der Waals surface area contributed by atoms with Crippen molar-refractivity contribution in [1.29, 1.82) is 0 Å². The summed E-state index contributed by atoms with van der Waals surface area (Å²) in [6.45, 7) is 2.94. The van der Waals surface area contributed by atoms with Crippen LogP contribution in [0.5, 0.6) is 5.75 Å². The Bertz CT molecular complexity index is 975. The van der Waals surface area contributed by atoms with Gasteiger partial charge in [-0.05, 0) is 42.0 Å². The lowest BCUT2D eigenvalue weighted by atomic mass is 10.2. The highest BCUT2D eigenvalue weighted by Gasteiger charge is 2.28. The first-order valence-corrected chi connectivity index (χ1v) is 10.6. The zero-order chi connectivity index (χ0) is 23.0. The molecule has 1 aliphatic heterocycles. The van der Waals surface area contributed by atoms with Crippen molar-refractivity contribution in [2.75, 3.05) is 33.3 Å². The maximum absolute atomic E-state index is 13.0. The smallest absolute Gasteiger partial charge is 0.414 e. The number of carbonyl (C=O) groups is 2. The van der Waals surface area contributed by atoms with Crippen LogP contribution in [0.2, 0.25) is 0 Å². The summed E-state index contributed by atoms with van der Waals surface area (Å²) >= 11 is 0. The first-order valence-electron chi connectivity index (χ1n) is 9.20. The fourth-order valence-corrected chi connectivity index (χ4v) is 4.29. The quantitative estimate of drug-likeness (QED) is 0.652.